The van der Waals surface area contributed by atoms with Crippen LogP contribution in [0.5, 0.6) is 0 Å². The zero-order valence-electron chi connectivity index (χ0n) is 8.64. The lowest BCUT2D eigenvalue weighted by Gasteiger charge is -2.21. The summed E-state index contributed by atoms with van der Waals surface area (Å²) < 4.78 is 4.82. The molecule has 0 aliphatic heterocycles. The Morgan fingerprint density at radius 3 is 2.73 bits per heavy atom. The second-order valence-corrected chi connectivity index (χ2v) is 4.70. The molecule has 0 atom stereocenters. The molecular weight excluding hydrogens is 237 g/mol. The number of carbonyl (C=O) groups is 1. The normalized spacial score (nSPS) is 11.5. The van der Waals surface area contributed by atoms with Crippen LogP contribution in [0.25, 0.3) is 0 Å². The molecule has 1 rings (SSSR count). The first-order chi connectivity index (χ1) is 6.96. The fourth-order valence-electron chi connectivity index (χ4n) is 0.918. The van der Waals surface area contributed by atoms with Gasteiger partial charge in [0.15, 0.2) is 0 Å². The molecule has 0 unspecified atom stereocenters. The van der Waals surface area contributed by atoms with Crippen LogP contribution in [0, 0.1) is 5.41 Å². The van der Waals surface area contributed by atoms with E-state index < -0.39 is 0 Å². The zero-order chi connectivity index (χ0) is 11.5. The van der Waals surface area contributed by atoms with Crippen LogP contribution in [-0.4, -0.2) is 18.3 Å². The lowest BCUT2D eigenvalue weighted by atomic mass is 9.96. The van der Waals surface area contributed by atoms with Crippen molar-refractivity contribution >= 4 is 29.1 Å². The largest absolute Gasteiger partial charge is 0.452 e. The maximum absolute atomic E-state index is 11.6. The average Bonchev–Trinajstić information content (AvgIpc) is 2.61. The standard InChI is InChI=1S/C10H13Cl2NO2/c1-10(2,5-11)6-13-9(14)7-3-4-15-8(7)12/h3-4H,5-6H2,1-2H3,(H,13,14). The third kappa shape index (κ3) is 3.43. The number of furan rings is 1. The molecule has 1 heterocycles. The average molecular weight is 250 g/mol. The van der Waals surface area contributed by atoms with Crippen molar-refractivity contribution in [1.82, 2.24) is 5.32 Å². The monoisotopic (exact) mass is 249 g/mol. The third-order valence-electron chi connectivity index (χ3n) is 1.95. The van der Waals surface area contributed by atoms with Crippen molar-refractivity contribution in [2.24, 2.45) is 5.41 Å². The second kappa shape index (κ2) is 4.90. The van der Waals surface area contributed by atoms with Crippen LogP contribution < -0.4 is 5.32 Å². The van der Waals surface area contributed by atoms with Gasteiger partial charge in [-0.05, 0) is 23.1 Å². The van der Waals surface area contributed by atoms with Gasteiger partial charge in [-0.15, -0.1) is 11.6 Å². The van der Waals surface area contributed by atoms with Crippen molar-refractivity contribution in [3.8, 4) is 0 Å². The summed E-state index contributed by atoms with van der Waals surface area (Å²) in [7, 11) is 0. The van der Waals surface area contributed by atoms with Gasteiger partial charge in [0.05, 0.1) is 11.8 Å². The Morgan fingerprint density at radius 2 is 2.27 bits per heavy atom. The van der Waals surface area contributed by atoms with E-state index in [1.807, 2.05) is 13.8 Å². The van der Waals surface area contributed by atoms with Crippen LogP contribution in [0.1, 0.15) is 24.2 Å². The first-order valence-corrected chi connectivity index (χ1v) is 5.45. The SMILES string of the molecule is CC(C)(CCl)CNC(=O)c1ccoc1Cl. The van der Waals surface area contributed by atoms with E-state index in [4.69, 9.17) is 27.6 Å². The first-order valence-electron chi connectivity index (χ1n) is 4.53. The number of amides is 1. The van der Waals surface area contributed by atoms with Gasteiger partial charge < -0.3 is 9.73 Å². The number of halogens is 2. The number of hydrogen-bond donors (Lipinski definition) is 1. The maximum Gasteiger partial charge on any atom is 0.256 e. The number of nitrogens with one attached hydrogen (secondary N) is 1. The van der Waals surface area contributed by atoms with E-state index in [0.29, 0.717) is 18.0 Å². The molecule has 0 bridgehead atoms. The Bertz CT molecular complexity index is 347. The van der Waals surface area contributed by atoms with Gasteiger partial charge in [-0.3, -0.25) is 4.79 Å². The van der Waals surface area contributed by atoms with Crippen LogP contribution in [0.2, 0.25) is 5.22 Å². The second-order valence-electron chi connectivity index (χ2n) is 4.09. The van der Waals surface area contributed by atoms with Crippen molar-refractivity contribution in [1.29, 1.82) is 0 Å². The summed E-state index contributed by atoms with van der Waals surface area (Å²) >= 11 is 11.4. The molecule has 1 aromatic rings. The minimum absolute atomic E-state index is 0.108. The number of carbonyl (C=O) groups excluding carboxylic acids is 1. The lowest BCUT2D eigenvalue weighted by Crippen LogP contribution is -2.34. The highest BCUT2D eigenvalue weighted by molar-refractivity contribution is 6.32. The minimum Gasteiger partial charge on any atom is -0.452 e. The predicted molar refractivity (Wildman–Crippen MR) is 60.6 cm³/mol. The minimum atomic E-state index is -0.244. The van der Waals surface area contributed by atoms with Gasteiger partial charge in [-0.2, -0.15) is 0 Å². The summed E-state index contributed by atoms with van der Waals surface area (Å²) in [6, 6.07) is 1.53. The molecular formula is C10H13Cl2NO2. The fourth-order valence-corrected chi connectivity index (χ4v) is 1.21. The summed E-state index contributed by atoms with van der Waals surface area (Å²) in [5, 5.41) is 2.86. The third-order valence-corrected chi connectivity index (χ3v) is 2.97. The molecule has 1 aromatic heterocycles. The van der Waals surface area contributed by atoms with Gasteiger partial charge in [0.1, 0.15) is 0 Å². The molecule has 0 aliphatic rings. The number of hydrogen-bond acceptors (Lipinski definition) is 2. The van der Waals surface area contributed by atoms with Gasteiger partial charge >= 0.3 is 0 Å². The van der Waals surface area contributed by atoms with E-state index in [2.05, 4.69) is 5.32 Å². The van der Waals surface area contributed by atoms with Crippen LogP contribution in [0.3, 0.4) is 0 Å². The summed E-state index contributed by atoms with van der Waals surface area (Å²) in [6.45, 7) is 4.44. The van der Waals surface area contributed by atoms with E-state index in [-0.39, 0.29) is 16.5 Å². The Hall–Kier alpha value is -0.670. The van der Waals surface area contributed by atoms with Crippen LogP contribution in [0.15, 0.2) is 16.7 Å². The highest BCUT2D eigenvalue weighted by Gasteiger charge is 2.19. The van der Waals surface area contributed by atoms with Crippen LogP contribution >= 0.6 is 23.2 Å². The van der Waals surface area contributed by atoms with Gasteiger partial charge in [-0.25, -0.2) is 0 Å². The van der Waals surface area contributed by atoms with Crippen molar-refractivity contribution in [3.05, 3.63) is 23.1 Å². The number of rotatable bonds is 4. The van der Waals surface area contributed by atoms with E-state index in [1.165, 1.54) is 12.3 Å². The molecule has 1 N–H and O–H groups in total. The van der Waals surface area contributed by atoms with Crippen molar-refractivity contribution < 1.29 is 9.21 Å². The summed E-state index contributed by atoms with van der Waals surface area (Å²) in [5.41, 5.74) is 0.218. The maximum atomic E-state index is 11.6. The van der Waals surface area contributed by atoms with Gasteiger partial charge in [0.25, 0.3) is 5.91 Å². The van der Waals surface area contributed by atoms with Crippen molar-refractivity contribution in [2.45, 2.75) is 13.8 Å². The smallest absolute Gasteiger partial charge is 0.256 e. The number of alkyl halides is 1. The molecule has 0 spiro atoms. The molecule has 1 amide bonds. The summed E-state index contributed by atoms with van der Waals surface area (Å²) in [6.07, 6.45) is 1.38. The Balaban J connectivity index is 2.55. The summed E-state index contributed by atoms with van der Waals surface area (Å²) in [5.74, 6) is 0.235. The highest BCUT2D eigenvalue weighted by atomic mass is 35.5. The molecule has 0 radical (unpaired) electrons. The first kappa shape index (κ1) is 12.4. The Kier molecular flexibility index (Phi) is 4.05. The van der Waals surface area contributed by atoms with Crippen molar-refractivity contribution in [3.63, 3.8) is 0 Å². The van der Waals surface area contributed by atoms with Crippen LogP contribution in [-0.2, 0) is 0 Å². The molecule has 0 aromatic carbocycles. The molecule has 5 heteroatoms. The van der Waals surface area contributed by atoms with Gasteiger partial charge in [-0.1, -0.05) is 13.8 Å². The molecule has 0 aliphatic carbocycles. The van der Waals surface area contributed by atoms with E-state index in [0.717, 1.165) is 0 Å². The van der Waals surface area contributed by atoms with Crippen LogP contribution in [0.4, 0.5) is 0 Å². The van der Waals surface area contributed by atoms with Crippen molar-refractivity contribution in [2.75, 3.05) is 12.4 Å². The quantitative estimate of drug-likeness (QED) is 0.835. The molecule has 0 saturated heterocycles. The molecule has 84 valence electrons. The fraction of sp³-hybridized carbons (Fsp3) is 0.500. The zero-order valence-corrected chi connectivity index (χ0v) is 10.2. The lowest BCUT2D eigenvalue weighted by molar-refractivity contribution is 0.0939. The van der Waals surface area contributed by atoms with E-state index >= 15 is 0 Å². The predicted octanol–water partition coefficient (Wildman–Crippen LogP) is 2.93. The van der Waals surface area contributed by atoms with E-state index in [9.17, 15) is 4.79 Å². The van der Waals surface area contributed by atoms with E-state index in [1.54, 1.807) is 0 Å². The Morgan fingerprint density at radius 1 is 1.60 bits per heavy atom. The summed E-state index contributed by atoms with van der Waals surface area (Å²) in [4.78, 5) is 11.6. The topological polar surface area (TPSA) is 42.2 Å². The molecule has 0 fully saturated rings. The molecule has 15 heavy (non-hydrogen) atoms. The Labute approximate surface area is 98.7 Å². The molecule has 3 nitrogen and oxygen atoms in total. The van der Waals surface area contributed by atoms with Gasteiger partial charge in [0.2, 0.25) is 5.22 Å². The molecule has 0 saturated carbocycles. The highest BCUT2D eigenvalue weighted by Crippen LogP contribution is 2.18. The van der Waals surface area contributed by atoms with Gasteiger partial charge in [0, 0.05) is 12.4 Å².